The quantitative estimate of drug-likeness (QED) is 0.200. The van der Waals surface area contributed by atoms with Crippen LogP contribution in [0.25, 0.3) is 22.3 Å². The molecule has 202 valence electrons. The fourth-order valence-corrected chi connectivity index (χ4v) is 4.94. The number of benzene rings is 3. The van der Waals surface area contributed by atoms with Crippen LogP contribution in [0.4, 0.5) is 11.4 Å². The Morgan fingerprint density at radius 1 is 0.450 bits per heavy atom. The maximum Gasteiger partial charge on any atom is 0.170 e. The Morgan fingerprint density at radius 2 is 0.875 bits per heavy atom. The Hall–Kier alpha value is -4.44. The molecule has 40 heavy (non-hydrogen) atoms. The molecule has 5 aromatic rings. The normalized spacial score (nSPS) is 10.9. The van der Waals surface area contributed by atoms with Gasteiger partial charge in [-0.1, -0.05) is 72.8 Å². The van der Waals surface area contributed by atoms with E-state index in [0.717, 1.165) is 25.9 Å². The van der Waals surface area contributed by atoms with Gasteiger partial charge >= 0.3 is 0 Å². The van der Waals surface area contributed by atoms with Crippen molar-refractivity contribution < 1.29 is 9.13 Å². The van der Waals surface area contributed by atoms with Gasteiger partial charge in [0.15, 0.2) is 37.9 Å². The number of aryl methyl sites for hydroxylation is 4. The zero-order valence-corrected chi connectivity index (χ0v) is 24.2. The molecule has 3 aromatic carbocycles. The molecule has 0 unspecified atom stereocenters. The Labute approximate surface area is 239 Å². The molecule has 0 aliphatic rings. The van der Waals surface area contributed by atoms with Crippen LogP contribution in [0.15, 0.2) is 122 Å². The number of hydrogen-bond acceptors (Lipinski definition) is 2. The van der Waals surface area contributed by atoms with Crippen molar-refractivity contribution in [2.75, 3.05) is 38.0 Å². The smallest absolute Gasteiger partial charge is 0.170 e. The lowest BCUT2D eigenvalue weighted by Gasteiger charge is -2.10. The van der Waals surface area contributed by atoms with Crippen molar-refractivity contribution >= 4 is 11.4 Å². The first-order valence-corrected chi connectivity index (χ1v) is 14.1. The number of pyridine rings is 2. The summed E-state index contributed by atoms with van der Waals surface area (Å²) in [6, 6.07) is 35.5. The highest BCUT2D eigenvalue weighted by Gasteiger charge is 2.07. The molecule has 0 bridgehead atoms. The summed E-state index contributed by atoms with van der Waals surface area (Å²) in [6.07, 6.45) is 10.7. The molecule has 0 radical (unpaired) electrons. The molecule has 0 saturated heterocycles. The van der Waals surface area contributed by atoms with Crippen molar-refractivity contribution in [2.45, 2.75) is 25.9 Å². The zero-order chi connectivity index (χ0) is 27.9. The maximum absolute atomic E-state index is 2.32. The van der Waals surface area contributed by atoms with E-state index < -0.39 is 0 Å². The van der Waals surface area contributed by atoms with Crippen molar-refractivity contribution in [1.82, 2.24) is 0 Å². The van der Waals surface area contributed by atoms with Gasteiger partial charge < -0.3 is 9.80 Å². The van der Waals surface area contributed by atoms with Gasteiger partial charge in [-0.25, -0.2) is 9.13 Å². The molecule has 0 saturated carbocycles. The lowest BCUT2D eigenvalue weighted by Crippen LogP contribution is -2.34. The molecule has 0 amide bonds. The molecule has 0 spiro atoms. The average molecular weight is 529 g/mol. The number of hydrogen-bond donors (Lipinski definition) is 0. The van der Waals surface area contributed by atoms with E-state index in [0.29, 0.717) is 0 Å². The van der Waals surface area contributed by atoms with Gasteiger partial charge in [-0.05, 0) is 33.4 Å². The highest BCUT2D eigenvalue weighted by Crippen LogP contribution is 2.26. The third-order valence-corrected chi connectivity index (χ3v) is 7.53. The summed E-state index contributed by atoms with van der Waals surface area (Å²) in [4.78, 5) is 4.25. The summed E-state index contributed by atoms with van der Waals surface area (Å²) in [6.45, 7) is 1.94. The monoisotopic (exact) mass is 528 g/mol. The van der Waals surface area contributed by atoms with Crippen molar-refractivity contribution in [1.29, 1.82) is 0 Å². The molecule has 2 aromatic heterocycles. The zero-order valence-electron chi connectivity index (χ0n) is 24.2. The lowest BCUT2D eigenvalue weighted by atomic mass is 9.98. The molecule has 5 rings (SSSR count). The minimum Gasteiger partial charge on any atom is -0.377 e. The second-order valence-corrected chi connectivity index (χ2v) is 10.9. The second kappa shape index (κ2) is 12.6. The fourth-order valence-electron chi connectivity index (χ4n) is 4.94. The van der Waals surface area contributed by atoms with E-state index in [1.54, 1.807) is 0 Å². The number of anilines is 2. The van der Waals surface area contributed by atoms with Gasteiger partial charge in [-0.15, -0.1) is 0 Å². The van der Waals surface area contributed by atoms with Crippen molar-refractivity contribution in [3.8, 4) is 22.3 Å². The number of rotatable bonds is 10. The van der Waals surface area contributed by atoms with Gasteiger partial charge in [-0.3, -0.25) is 0 Å². The minimum absolute atomic E-state index is 0.966. The standard InChI is InChI=1S/C36H40N4/c1-37(2)35-18-24-39(25-19-35)22-16-29-8-10-31(11-9-29)32-12-14-33(15-13-32)34-7-5-6-30(28-34)17-23-40-26-20-36(21-27-40)38(3)4/h5-15,18-21,24-28H,16-17,22-23H2,1-4H3/q+2. The Kier molecular flexibility index (Phi) is 8.56. The van der Waals surface area contributed by atoms with Crippen LogP contribution in [-0.4, -0.2) is 28.2 Å². The van der Waals surface area contributed by atoms with Crippen LogP contribution in [0, 0.1) is 0 Å². The Balaban J connectivity index is 1.18. The Morgan fingerprint density at radius 3 is 1.35 bits per heavy atom. The largest absolute Gasteiger partial charge is 0.377 e. The Bertz CT molecular complexity index is 1500. The van der Waals surface area contributed by atoms with Gasteiger partial charge in [-0.2, -0.15) is 0 Å². The number of nitrogens with zero attached hydrogens (tertiary/aromatic N) is 4. The third kappa shape index (κ3) is 6.95. The van der Waals surface area contributed by atoms with E-state index in [1.165, 1.54) is 44.8 Å². The molecule has 0 aliphatic carbocycles. The van der Waals surface area contributed by atoms with E-state index in [-0.39, 0.29) is 0 Å². The van der Waals surface area contributed by atoms with Crippen LogP contribution in [0.1, 0.15) is 11.1 Å². The summed E-state index contributed by atoms with van der Waals surface area (Å²) < 4.78 is 4.50. The molecular weight excluding hydrogens is 488 g/mol. The first-order valence-electron chi connectivity index (χ1n) is 14.1. The highest BCUT2D eigenvalue weighted by atomic mass is 15.1. The van der Waals surface area contributed by atoms with E-state index in [2.05, 4.69) is 169 Å². The highest BCUT2D eigenvalue weighted by molar-refractivity contribution is 5.70. The van der Waals surface area contributed by atoms with Gasteiger partial charge in [0.2, 0.25) is 0 Å². The molecule has 0 N–H and O–H groups in total. The fraction of sp³-hybridized carbons (Fsp3) is 0.222. The van der Waals surface area contributed by atoms with Gasteiger partial charge in [0.05, 0.1) is 0 Å². The van der Waals surface area contributed by atoms with Gasteiger partial charge in [0, 0.05) is 76.7 Å². The van der Waals surface area contributed by atoms with E-state index in [4.69, 9.17) is 0 Å². The van der Waals surface area contributed by atoms with Crippen LogP contribution in [0.2, 0.25) is 0 Å². The summed E-state index contributed by atoms with van der Waals surface area (Å²) >= 11 is 0. The van der Waals surface area contributed by atoms with E-state index >= 15 is 0 Å². The summed E-state index contributed by atoms with van der Waals surface area (Å²) in [5.74, 6) is 0. The molecule has 2 heterocycles. The van der Waals surface area contributed by atoms with Crippen LogP contribution in [-0.2, 0) is 25.9 Å². The lowest BCUT2D eigenvalue weighted by molar-refractivity contribution is -0.696. The number of aromatic nitrogens is 2. The van der Waals surface area contributed by atoms with E-state index in [9.17, 15) is 0 Å². The SMILES string of the molecule is CN(C)c1cc[n+](CCc2ccc(-c3ccc(-c4cccc(CC[n+]5ccc(N(C)C)cc5)c4)cc3)cc2)cc1. The van der Waals surface area contributed by atoms with Crippen molar-refractivity contribution in [3.05, 3.63) is 133 Å². The molecule has 4 nitrogen and oxygen atoms in total. The van der Waals surface area contributed by atoms with Crippen LogP contribution in [0.3, 0.4) is 0 Å². The summed E-state index contributed by atoms with van der Waals surface area (Å²) in [5, 5.41) is 0. The average Bonchev–Trinajstić information content (AvgIpc) is 3.00. The maximum atomic E-state index is 2.32. The molecule has 0 atom stereocenters. The van der Waals surface area contributed by atoms with Gasteiger partial charge in [0.25, 0.3) is 0 Å². The van der Waals surface area contributed by atoms with Crippen LogP contribution < -0.4 is 18.9 Å². The van der Waals surface area contributed by atoms with E-state index in [1.807, 2.05) is 0 Å². The summed E-state index contributed by atoms with van der Waals surface area (Å²) in [5.41, 5.74) is 10.2. The molecule has 4 heteroatoms. The molecule has 0 fully saturated rings. The third-order valence-electron chi connectivity index (χ3n) is 7.53. The topological polar surface area (TPSA) is 14.2 Å². The van der Waals surface area contributed by atoms with Crippen molar-refractivity contribution in [2.24, 2.45) is 0 Å². The molecular formula is C36H40N4+2. The summed E-state index contributed by atoms with van der Waals surface area (Å²) in [7, 11) is 8.28. The predicted octanol–water partition coefficient (Wildman–Crippen LogP) is 6.21. The van der Waals surface area contributed by atoms with Crippen molar-refractivity contribution in [3.63, 3.8) is 0 Å². The minimum atomic E-state index is 0.966. The molecule has 0 aliphatic heterocycles. The first kappa shape index (κ1) is 27.1. The van der Waals surface area contributed by atoms with Crippen LogP contribution >= 0.6 is 0 Å². The predicted molar refractivity (Wildman–Crippen MR) is 167 cm³/mol. The first-order chi connectivity index (χ1) is 19.4. The second-order valence-electron chi connectivity index (χ2n) is 10.9. The van der Waals surface area contributed by atoms with Gasteiger partial charge in [0.1, 0.15) is 0 Å². The van der Waals surface area contributed by atoms with Crippen LogP contribution in [0.5, 0.6) is 0 Å².